The average Bonchev–Trinajstić information content (AvgIpc) is 2.40. The summed E-state index contributed by atoms with van der Waals surface area (Å²) in [4.78, 5) is 13.1. The molecule has 0 aromatic heterocycles. The summed E-state index contributed by atoms with van der Waals surface area (Å²) in [7, 11) is 1.65. The van der Waals surface area contributed by atoms with Gasteiger partial charge in [-0.05, 0) is 17.7 Å². The molecule has 1 aliphatic heterocycles. The zero-order chi connectivity index (χ0) is 12.1. The fraction of sp³-hybridized carbons (Fsp3) is 0.462. The molecule has 1 aliphatic rings. The molecule has 0 unspecified atom stereocenters. The lowest BCUT2D eigenvalue weighted by Crippen LogP contribution is -2.45. The molecule has 1 atom stereocenters. The molecule has 1 aromatic carbocycles. The summed E-state index contributed by atoms with van der Waals surface area (Å²) in [5.74, 6) is 0.850. The van der Waals surface area contributed by atoms with E-state index in [2.05, 4.69) is 4.90 Å². The Labute approximate surface area is 101 Å². The van der Waals surface area contributed by atoms with E-state index in [1.54, 1.807) is 7.11 Å². The Morgan fingerprint density at radius 2 is 2.24 bits per heavy atom. The highest BCUT2D eigenvalue weighted by atomic mass is 16.5. The van der Waals surface area contributed by atoms with E-state index in [1.807, 2.05) is 24.3 Å². The van der Waals surface area contributed by atoms with Crippen LogP contribution >= 0.6 is 0 Å². The standard InChI is InChI=1S/C13H17NO3/c1-16-13-4-2-11(3-5-13)8-14-6-7-17-10-12(14)9-15/h2-5,9,12H,6-8,10H2,1H3/t12-/m1/s1. The van der Waals surface area contributed by atoms with E-state index in [4.69, 9.17) is 9.47 Å². The number of benzene rings is 1. The maximum atomic E-state index is 10.9. The first-order chi connectivity index (χ1) is 8.33. The topological polar surface area (TPSA) is 38.8 Å². The van der Waals surface area contributed by atoms with Crippen LogP contribution in [0.3, 0.4) is 0 Å². The summed E-state index contributed by atoms with van der Waals surface area (Å²) in [5, 5.41) is 0. The molecule has 1 heterocycles. The number of hydrogen-bond acceptors (Lipinski definition) is 4. The first kappa shape index (κ1) is 12.1. The number of aldehydes is 1. The van der Waals surface area contributed by atoms with Crippen LogP contribution in [0.15, 0.2) is 24.3 Å². The molecule has 17 heavy (non-hydrogen) atoms. The van der Waals surface area contributed by atoms with Gasteiger partial charge in [0.15, 0.2) is 0 Å². The Morgan fingerprint density at radius 3 is 2.88 bits per heavy atom. The van der Waals surface area contributed by atoms with Crippen molar-refractivity contribution in [3.63, 3.8) is 0 Å². The number of ether oxygens (including phenoxy) is 2. The van der Waals surface area contributed by atoms with Gasteiger partial charge in [0.25, 0.3) is 0 Å². The predicted molar refractivity (Wildman–Crippen MR) is 64.1 cm³/mol. The van der Waals surface area contributed by atoms with Gasteiger partial charge in [0.1, 0.15) is 12.0 Å². The van der Waals surface area contributed by atoms with Crippen molar-refractivity contribution >= 4 is 6.29 Å². The van der Waals surface area contributed by atoms with Crippen molar-refractivity contribution in [2.45, 2.75) is 12.6 Å². The zero-order valence-electron chi connectivity index (χ0n) is 9.96. The molecule has 1 aromatic rings. The second kappa shape index (κ2) is 5.80. The van der Waals surface area contributed by atoms with Gasteiger partial charge < -0.3 is 14.3 Å². The molecule has 0 spiro atoms. The van der Waals surface area contributed by atoms with Gasteiger partial charge in [0.2, 0.25) is 0 Å². The van der Waals surface area contributed by atoms with Crippen LogP contribution in [-0.2, 0) is 16.1 Å². The van der Waals surface area contributed by atoms with Crippen LogP contribution in [0, 0.1) is 0 Å². The fourth-order valence-electron chi connectivity index (χ4n) is 1.94. The third-order valence-electron chi connectivity index (χ3n) is 2.98. The number of hydrogen-bond donors (Lipinski definition) is 0. The molecule has 0 radical (unpaired) electrons. The SMILES string of the molecule is COc1ccc(CN2CCOC[C@H]2C=O)cc1. The zero-order valence-corrected chi connectivity index (χ0v) is 9.96. The van der Waals surface area contributed by atoms with Crippen molar-refractivity contribution in [1.82, 2.24) is 4.90 Å². The maximum Gasteiger partial charge on any atom is 0.139 e. The lowest BCUT2D eigenvalue weighted by molar-refractivity contribution is -0.118. The normalized spacial score (nSPS) is 21.1. The van der Waals surface area contributed by atoms with Crippen molar-refractivity contribution in [1.29, 1.82) is 0 Å². The van der Waals surface area contributed by atoms with E-state index in [0.29, 0.717) is 13.2 Å². The quantitative estimate of drug-likeness (QED) is 0.732. The van der Waals surface area contributed by atoms with E-state index in [-0.39, 0.29) is 6.04 Å². The van der Waals surface area contributed by atoms with Gasteiger partial charge in [-0.25, -0.2) is 0 Å². The Bertz CT molecular complexity index is 363. The van der Waals surface area contributed by atoms with Gasteiger partial charge in [-0.2, -0.15) is 0 Å². The molecule has 2 rings (SSSR count). The molecule has 1 fully saturated rings. The highest BCUT2D eigenvalue weighted by molar-refractivity contribution is 5.58. The summed E-state index contributed by atoms with van der Waals surface area (Å²) in [6, 6.07) is 7.80. The van der Waals surface area contributed by atoms with E-state index in [1.165, 1.54) is 5.56 Å². The van der Waals surface area contributed by atoms with Gasteiger partial charge in [-0.15, -0.1) is 0 Å². The van der Waals surface area contributed by atoms with Gasteiger partial charge in [0.05, 0.1) is 26.4 Å². The summed E-state index contributed by atoms with van der Waals surface area (Å²) >= 11 is 0. The summed E-state index contributed by atoms with van der Waals surface area (Å²) < 4.78 is 10.4. The van der Waals surface area contributed by atoms with Crippen LogP contribution in [-0.4, -0.2) is 44.1 Å². The lowest BCUT2D eigenvalue weighted by atomic mass is 10.1. The Balaban J connectivity index is 2.00. The monoisotopic (exact) mass is 235 g/mol. The largest absolute Gasteiger partial charge is 0.497 e. The van der Waals surface area contributed by atoms with E-state index in [9.17, 15) is 4.79 Å². The number of nitrogens with zero attached hydrogens (tertiary/aromatic N) is 1. The number of carbonyl (C=O) groups excluding carboxylic acids is 1. The van der Waals surface area contributed by atoms with Gasteiger partial charge in [-0.3, -0.25) is 4.90 Å². The molecule has 0 aliphatic carbocycles. The highest BCUT2D eigenvalue weighted by Gasteiger charge is 2.22. The Kier molecular flexibility index (Phi) is 4.12. The third-order valence-corrected chi connectivity index (χ3v) is 2.98. The predicted octanol–water partition coefficient (Wildman–Crippen LogP) is 1.09. The number of carbonyl (C=O) groups is 1. The Morgan fingerprint density at radius 1 is 1.47 bits per heavy atom. The fourth-order valence-corrected chi connectivity index (χ4v) is 1.94. The summed E-state index contributed by atoms with van der Waals surface area (Å²) in [6.45, 7) is 2.77. The third kappa shape index (κ3) is 3.05. The lowest BCUT2D eigenvalue weighted by Gasteiger charge is -2.32. The first-order valence-corrected chi connectivity index (χ1v) is 5.73. The maximum absolute atomic E-state index is 10.9. The molecule has 0 N–H and O–H groups in total. The smallest absolute Gasteiger partial charge is 0.139 e. The minimum atomic E-state index is -0.120. The number of morpholine rings is 1. The molecular weight excluding hydrogens is 218 g/mol. The van der Waals surface area contributed by atoms with Crippen LogP contribution in [0.5, 0.6) is 5.75 Å². The summed E-state index contributed by atoms with van der Waals surface area (Å²) in [5.41, 5.74) is 1.18. The molecule has 4 heteroatoms. The van der Waals surface area contributed by atoms with E-state index < -0.39 is 0 Å². The van der Waals surface area contributed by atoms with Crippen molar-refractivity contribution in [3.05, 3.63) is 29.8 Å². The van der Waals surface area contributed by atoms with Crippen LogP contribution in [0.25, 0.3) is 0 Å². The number of rotatable bonds is 4. The van der Waals surface area contributed by atoms with Crippen LogP contribution < -0.4 is 4.74 Å². The summed E-state index contributed by atoms with van der Waals surface area (Å²) in [6.07, 6.45) is 0.961. The van der Waals surface area contributed by atoms with Crippen LogP contribution in [0.4, 0.5) is 0 Å². The average molecular weight is 235 g/mol. The van der Waals surface area contributed by atoms with Crippen molar-refractivity contribution in [2.75, 3.05) is 26.9 Å². The van der Waals surface area contributed by atoms with Gasteiger partial charge in [-0.1, -0.05) is 12.1 Å². The van der Waals surface area contributed by atoms with Gasteiger partial charge in [0, 0.05) is 13.1 Å². The second-order valence-electron chi connectivity index (χ2n) is 4.10. The van der Waals surface area contributed by atoms with Crippen LogP contribution in [0.2, 0.25) is 0 Å². The minimum absolute atomic E-state index is 0.120. The highest BCUT2D eigenvalue weighted by Crippen LogP contribution is 2.15. The van der Waals surface area contributed by atoms with E-state index >= 15 is 0 Å². The molecule has 92 valence electrons. The molecule has 0 bridgehead atoms. The van der Waals surface area contributed by atoms with Crippen LogP contribution in [0.1, 0.15) is 5.56 Å². The molecule has 4 nitrogen and oxygen atoms in total. The molecular formula is C13H17NO3. The first-order valence-electron chi connectivity index (χ1n) is 5.73. The van der Waals surface area contributed by atoms with Crippen molar-refractivity contribution in [3.8, 4) is 5.75 Å². The molecule has 1 saturated heterocycles. The van der Waals surface area contributed by atoms with Gasteiger partial charge >= 0.3 is 0 Å². The Hall–Kier alpha value is -1.39. The number of methoxy groups -OCH3 is 1. The molecule has 0 amide bonds. The van der Waals surface area contributed by atoms with Crippen molar-refractivity contribution < 1.29 is 14.3 Å². The molecule has 0 saturated carbocycles. The second-order valence-corrected chi connectivity index (χ2v) is 4.10. The van der Waals surface area contributed by atoms with E-state index in [0.717, 1.165) is 25.1 Å². The minimum Gasteiger partial charge on any atom is -0.497 e. The van der Waals surface area contributed by atoms with Crippen molar-refractivity contribution in [2.24, 2.45) is 0 Å².